The molecule has 1 aromatic heterocycles. The predicted octanol–water partition coefficient (Wildman–Crippen LogP) is 5.20. The van der Waals surface area contributed by atoms with Gasteiger partial charge in [-0.25, -0.2) is 0 Å². The molecule has 0 radical (unpaired) electrons. The lowest BCUT2D eigenvalue weighted by Crippen LogP contribution is -2.62. The second-order valence-electron chi connectivity index (χ2n) is 8.84. The molecule has 2 fully saturated rings. The Balaban J connectivity index is 1.45. The summed E-state index contributed by atoms with van der Waals surface area (Å²) in [4.78, 5) is 30.0. The third-order valence-electron chi connectivity index (χ3n) is 6.58. The highest BCUT2D eigenvalue weighted by Gasteiger charge is 2.39. The van der Waals surface area contributed by atoms with E-state index in [-0.39, 0.29) is 30.9 Å². The zero-order valence-corrected chi connectivity index (χ0v) is 19.2. The quantitative estimate of drug-likeness (QED) is 0.550. The number of rotatable bonds is 4. The summed E-state index contributed by atoms with van der Waals surface area (Å²) in [7, 11) is 0. The van der Waals surface area contributed by atoms with Gasteiger partial charge >= 0.3 is 6.18 Å². The lowest BCUT2D eigenvalue weighted by atomic mass is 10.1. The first kappa shape index (κ1) is 22.7. The van der Waals surface area contributed by atoms with Crippen molar-refractivity contribution in [1.29, 1.82) is 0 Å². The number of nitrogens with zero attached hydrogens (tertiary/aromatic N) is 2. The van der Waals surface area contributed by atoms with Gasteiger partial charge in [0.05, 0.1) is 12.1 Å². The van der Waals surface area contributed by atoms with Crippen molar-refractivity contribution in [1.82, 2.24) is 5.32 Å². The summed E-state index contributed by atoms with van der Waals surface area (Å²) in [6.07, 6.45) is -0.487. The Hall–Kier alpha value is -3.07. The summed E-state index contributed by atoms with van der Waals surface area (Å²) < 4.78 is 40.0. The maximum absolute atomic E-state index is 13.4. The van der Waals surface area contributed by atoms with Crippen molar-refractivity contribution in [2.75, 3.05) is 22.9 Å². The van der Waals surface area contributed by atoms with Gasteiger partial charge in [-0.15, -0.1) is 11.3 Å². The number of piperazine rings is 1. The van der Waals surface area contributed by atoms with Crippen molar-refractivity contribution in [3.8, 4) is 0 Å². The van der Waals surface area contributed by atoms with E-state index in [9.17, 15) is 22.8 Å². The third kappa shape index (κ3) is 4.49. The minimum atomic E-state index is -4.43. The van der Waals surface area contributed by atoms with Crippen LogP contribution in [0.1, 0.15) is 31.2 Å². The Kier molecular flexibility index (Phi) is 5.97. The zero-order chi connectivity index (χ0) is 23.9. The van der Waals surface area contributed by atoms with Gasteiger partial charge in [0.2, 0.25) is 11.8 Å². The first-order chi connectivity index (χ1) is 16.3. The van der Waals surface area contributed by atoms with Crippen LogP contribution in [0, 0.1) is 0 Å². The van der Waals surface area contributed by atoms with Gasteiger partial charge in [0.15, 0.2) is 0 Å². The Bertz CT molecular complexity index is 1200. The number of nitrogens with one attached hydrogen (secondary N) is 1. The lowest BCUT2D eigenvalue weighted by Gasteiger charge is -2.41. The number of carbonyl (C=O) groups excluding carboxylic acids is 2. The molecule has 2 heterocycles. The molecule has 0 spiro atoms. The van der Waals surface area contributed by atoms with Crippen LogP contribution < -0.4 is 15.1 Å². The summed E-state index contributed by atoms with van der Waals surface area (Å²) >= 11 is 1.56. The predicted molar refractivity (Wildman–Crippen MR) is 127 cm³/mol. The summed E-state index contributed by atoms with van der Waals surface area (Å²) in [5.74, 6) is -0.503. The summed E-state index contributed by atoms with van der Waals surface area (Å²) in [5, 5.41) is 6.14. The third-order valence-corrected chi connectivity index (χ3v) is 7.46. The smallest absolute Gasteiger partial charge is 0.360 e. The van der Waals surface area contributed by atoms with Gasteiger partial charge in [0, 0.05) is 28.7 Å². The monoisotopic (exact) mass is 487 g/mol. The maximum Gasteiger partial charge on any atom is 0.416 e. The number of hydrogen-bond acceptors (Lipinski definition) is 4. The number of hydrogen-bond donors (Lipinski definition) is 1. The Morgan fingerprint density at radius 2 is 1.71 bits per heavy atom. The van der Waals surface area contributed by atoms with E-state index in [4.69, 9.17) is 0 Å². The summed E-state index contributed by atoms with van der Waals surface area (Å²) in [5.41, 5.74) is 0.382. The largest absolute Gasteiger partial charge is 0.416 e. The molecule has 9 heteroatoms. The van der Waals surface area contributed by atoms with E-state index in [0.717, 1.165) is 47.9 Å². The number of fused-ring (bicyclic) bond motifs is 1. The summed E-state index contributed by atoms with van der Waals surface area (Å²) in [6.45, 7) is 0.166. The molecule has 2 amide bonds. The molecular weight excluding hydrogens is 463 g/mol. The van der Waals surface area contributed by atoms with Gasteiger partial charge in [-0.3, -0.25) is 14.5 Å². The molecule has 178 valence electrons. The van der Waals surface area contributed by atoms with Crippen LogP contribution >= 0.6 is 11.3 Å². The fourth-order valence-corrected chi connectivity index (χ4v) is 5.63. The molecule has 1 saturated heterocycles. The molecule has 2 aliphatic rings. The first-order valence-electron chi connectivity index (χ1n) is 11.3. The van der Waals surface area contributed by atoms with E-state index in [0.29, 0.717) is 11.4 Å². The van der Waals surface area contributed by atoms with Gasteiger partial charge < -0.3 is 10.2 Å². The minimum absolute atomic E-state index is 0.0267. The highest BCUT2D eigenvalue weighted by atomic mass is 32.1. The van der Waals surface area contributed by atoms with Crippen molar-refractivity contribution in [2.45, 2.75) is 43.9 Å². The van der Waals surface area contributed by atoms with Crippen molar-refractivity contribution < 1.29 is 22.8 Å². The van der Waals surface area contributed by atoms with Crippen LogP contribution in [-0.4, -0.2) is 37.0 Å². The van der Waals surface area contributed by atoms with Crippen LogP contribution in [0.5, 0.6) is 0 Å². The number of benzene rings is 2. The van der Waals surface area contributed by atoms with Crippen LogP contribution in [0.3, 0.4) is 0 Å². The van der Waals surface area contributed by atoms with Crippen LogP contribution in [-0.2, 0) is 15.8 Å². The molecule has 1 saturated carbocycles. The van der Waals surface area contributed by atoms with Crippen molar-refractivity contribution in [2.24, 2.45) is 0 Å². The molecule has 1 aliphatic carbocycles. The van der Waals surface area contributed by atoms with E-state index in [1.807, 2.05) is 29.6 Å². The molecular formula is C25H24F3N3O2S. The lowest BCUT2D eigenvalue weighted by molar-refractivity contribution is -0.137. The molecule has 5 rings (SSSR count). The zero-order valence-electron chi connectivity index (χ0n) is 18.3. The minimum Gasteiger partial charge on any atom is -0.360 e. The SMILES string of the molecule is O=C(NC1CCCC1)[C@@H]1CN(c2ccc(C(F)(F)F)cc2)CC(=O)N1c1ccc2ccsc2c1. The van der Waals surface area contributed by atoms with Gasteiger partial charge in [-0.05, 0) is 66.1 Å². The Labute approximate surface area is 199 Å². The van der Waals surface area contributed by atoms with Gasteiger partial charge in [-0.2, -0.15) is 13.2 Å². The normalized spacial score (nSPS) is 19.7. The van der Waals surface area contributed by atoms with Crippen molar-refractivity contribution in [3.05, 3.63) is 59.5 Å². The first-order valence-corrected chi connectivity index (χ1v) is 12.2. The fourth-order valence-electron chi connectivity index (χ4n) is 4.81. The van der Waals surface area contributed by atoms with E-state index in [2.05, 4.69) is 5.32 Å². The molecule has 2 aromatic carbocycles. The molecule has 1 aliphatic heterocycles. The highest BCUT2D eigenvalue weighted by Crippen LogP contribution is 2.33. The van der Waals surface area contributed by atoms with Crippen LogP contribution in [0.15, 0.2) is 53.9 Å². The van der Waals surface area contributed by atoms with E-state index >= 15 is 0 Å². The molecule has 1 N–H and O–H groups in total. The average molecular weight is 488 g/mol. The molecule has 0 bridgehead atoms. The molecule has 1 atom stereocenters. The number of anilines is 2. The number of amides is 2. The fraction of sp³-hybridized carbons (Fsp3) is 0.360. The van der Waals surface area contributed by atoms with Gasteiger partial charge in [0.25, 0.3) is 0 Å². The highest BCUT2D eigenvalue weighted by molar-refractivity contribution is 7.17. The molecule has 3 aromatic rings. The molecule has 5 nitrogen and oxygen atoms in total. The number of halogens is 3. The van der Waals surface area contributed by atoms with Crippen molar-refractivity contribution in [3.63, 3.8) is 0 Å². The Morgan fingerprint density at radius 1 is 1.00 bits per heavy atom. The van der Waals surface area contributed by atoms with Crippen LogP contribution in [0.4, 0.5) is 24.5 Å². The second-order valence-corrected chi connectivity index (χ2v) is 9.79. The molecule has 0 unspecified atom stereocenters. The van der Waals surface area contributed by atoms with E-state index in [1.165, 1.54) is 12.1 Å². The van der Waals surface area contributed by atoms with Crippen molar-refractivity contribution >= 4 is 44.6 Å². The second kappa shape index (κ2) is 8.94. The van der Waals surface area contributed by atoms with Crippen LogP contribution in [0.25, 0.3) is 10.1 Å². The average Bonchev–Trinajstić information content (AvgIpc) is 3.49. The van der Waals surface area contributed by atoms with Gasteiger partial charge in [-0.1, -0.05) is 18.9 Å². The van der Waals surface area contributed by atoms with E-state index < -0.39 is 17.8 Å². The summed E-state index contributed by atoms with van der Waals surface area (Å²) in [6, 6.07) is 11.7. The maximum atomic E-state index is 13.4. The standard InChI is InChI=1S/C25H24F3N3O2S/c26-25(27,28)17-6-9-19(10-7-17)30-14-21(24(33)29-18-3-1-2-4-18)31(23(32)15-30)20-8-5-16-11-12-34-22(16)13-20/h5-13,18,21H,1-4,14-15H2,(H,29,33)/t21-/m0/s1. The Morgan fingerprint density at radius 3 is 2.41 bits per heavy atom. The molecule has 34 heavy (non-hydrogen) atoms. The number of carbonyl (C=O) groups is 2. The number of thiophene rings is 1. The topological polar surface area (TPSA) is 52.7 Å². The number of alkyl halides is 3. The van der Waals surface area contributed by atoms with Gasteiger partial charge in [0.1, 0.15) is 6.04 Å². The van der Waals surface area contributed by atoms with E-state index in [1.54, 1.807) is 21.1 Å². The van der Waals surface area contributed by atoms with Crippen LogP contribution in [0.2, 0.25) is 0 Å².